The number of carboxylic acids is 1. The molecule has 2 aromatic carbocycles. The number of hydrogen-bond donors (Lipinski definition) is 1. The Morgan fingerprint density at radius 1 is 1.15 bits per heavy atom. The fourth-order valence-corrected chi connectivity index (χ4v) is 3.61. The quantitative estimate of drug-likeness (QED) is 0.724. The predicted octanol–water partition coefficient (Wildman–Crippen LogP) is 3.79. The van der Waals surface area contributed by atoms with E-state index in [4.69, 9.17) is 9.15 Å². The first-order valence-electron chi connectivity index (χ1n) is 8.58. The Bertz CT molecular complexity index is 1050. The summed E-state index contributed by atoms with van der Waals surface area (Å²) in [6.07, 6.45) is 1.19. The van der Waals surface area contributed by atoms with Gasteiger partial charge in [-0.15, -0.1) is 0 Å². The maximum Gasteiger partial charge on any atom is 0.349 e. The largest absolute Gasteiger partial charge is 0.478 e. The van der Waals surface area contributed by atoms with Crippen LogP contribution in [-0.4, -0.2) is 11.1 Å². The lowest BCUT2D eigenvalue weighted by Gasteiger charge is -2.18. The molecular formula is C21H18O5. The van der Waals surface area contributed by atoms with Gasteiger partial charge in [0, 0.05) is 11.1 Å². The number of aliphatic carboxylic acids is 1. The minimum atomic E-state index is -1.13. The Morgan fingerprint density at radius 3 is 2.62 bits per heavy atom. The lowest BCUT2D eigenvalue weighted by Crippen LogP contribution is -2.18. The van der Waals surface area contributed by atoms with E-state index in [0.717, 1.165) is 24.0 Å². The van der Waals surface area contributed by atoms with Gasteiger partial charge in [0.25, 0.3) is 0 Å². The van der Waals surface area contributed by atoms with Crippen LogP contribution in [0, 0.1) is 6.92 Å². The molecule has 1 aromatic heterocycles. The monoisotopic (exact) mass is 350 g/mol. The van der Waals surface area contributed by atoms with Gasteiger partial charge < -0.3 is 14.3 Å². The lowest BCUT2D eigenvalue weighted by molar-refractivity contribution is -0.145. The van der Waals surface area contributed by atoms with E-state index in [1.54, 1.807) is 36.4 Å². The summed E-state index contributed by atoms with van der Waals surface area (Å²) >= 11 is 0. The summed E-state index contributed by atoms with van der Waals surface area (Å²) in [6, 6.07) is 12.4. The third kappa shape index (κ3) is 2.75. The van der Waals surface area contributed by atoms with Crippen LogP contribution in [0.4, 0.5) is 0 Å². The lowest BCUT2D eigenvalue weighted by atomic mass is 10.0. The Labute approximate surface area is 149 Å². The molecule has 0 radical (unpaired) electrons. The van der Waals surface area contributed by atoms with Crippen LogP contribution in [0.5, 0.6) is 5.75 Å². The number of aryl methyl sites for hydroxylation is 2. The number of hydrogen-bond acceptors (Lipinski definition) is 4. The van der Waals surface area contributed by atoms with Crippen LogP contribution in [-0.2, 0) is 17.6 Å². The summed E-state index contributed by atoms with van der Waals surface area (Å²) < 4.78 is 11.5. The third-order valence-corrected chi connectivity index (χ3v) is 4.75. The zero-order valence-electron chi connectivity index (χ0n) is 14.3. The summed E-state index contributed by atoms with van der Waals surface area (Å²) in [5.74, 6) is -0.627. The maximum atomic E-state index is 12.2. The molecule has 0 amide bonds. The van der Waals surface area contributed by atoms with Crippen LogP contribution < -0.4 is 10.4 Å². The number of rotatable bonds is 4. The zero-order valence-corrected chi connectivity index (χ0v) is 14.3. The van der Waals surface area contributed by atoms with Gasteiger partial charge in [0.05, 0.1) is 5.39 Å². The molecule has 0 aliphatic heterocycles. The van der Waals surface area contributed by atoms with E-state index < -0.39 is 12.1 Å². The highest BCUT2D eigenvalue weighted by atomic mass is 16.5. The molecule has 0 unspecified atom stereocenters. The number of carbonyl (C=O) groups is 1. The molecule has 1 heterocycles. The molecule has 5 heteroatoms. The molecule has 0 spiro atoms. The molecule has 0 bridgehead atoms. The summed E-state index contributed by atoms with van der Waals surface area (Å²) in [5, 5.41) is 10.4. The summed E-state index contributed by atoms with van der Waals surface area (Å²) in [4.78, 5) is 24.0. The third-order valence-electron chi connectivity index (χ3n) is 4.75. The molecule has 1 atom stereocenters. The van der Waals surface area contributed by atoms with E-state index in [1.807, 2.05) is 13.0 Å². The van der Waals surface area contributed by atoms with E-state index in [0.29, 0.717) is 34.3 Å². The van der Waals surface area contributed by atoms with Crippen molar-refractivity contribution in [3.05, 3.63) is 75.1 Å². The standard InChI is InChI=1S/C21H18O5/c1-12-10-16(25-19(20(22)23)13-6-3-2-4-7-13)18-14-8-5-9-15(14)21(24)26-17(18)11-12/h2-4,6-7,10-11,19H,5,8-9H2,1H3,(H,22,23)/t19-/m1/s1. The van der Waals surface area contributed by atoms with Crippen molar-refractivity contribution >= 4 is 16.9 Å². The average molecular weight is 350 g/mol. The molecule has 4 rings (SSSR count). The molecule has 5 nitrogen and oxygen atoms in total. The number of carboxylic acid groups (broad SMARTS) is 1. The first-order chi connectivity index (χ1) is 12.5. The van der Waals surface area contributed by atoms with E-state index in [1.165, 1.54) is 0 Å². The van der Waals surface area contributed by atoms with Crippen LogP contribution >= 0.6 is 0 Å². The van der Waals surface area contributed by atoms with Crippen LogP contribution in [0.1, 0.15) is 34.8 Å². The van der Waals surface area contributed by atoms with Crippen LogP contribution in [0.3, 0.4) is 0 Å². The first-order valence-corrected chi connectivity index (χ1v) is 8.58. The van der Waals surface area contributed by atoms with Gasteiger partial charge in [0.15, 0.2) is 0 Å². The van der Waals surface area contributed by atoms with Gasteiger partial charge in [-0.2, -0.15) is 0 Å². The summed E-state index contributed by atoms with van der Waals surface area (Å²) in [5.41, 5.74) is 3.14. The van der Waals surface area contributed by atoms with Crippen molar-refractivity contribution in [1.29, 1.82) is 0 Å². The van der Waals surface area contributed by atoms with Gasteiger partial charge in [0.2, 0.25) is 6.10 Å². The van der Waals surface area contributed by atoms with Gasteiger partial charge in [-0.1, -0.05) is 30.3 Å². The zero-order chi connectivity index (χ0) is 18.3. The summed E-state index contributed by atoms with van der Waals surface area (Å²) in [6.45, 7) is 1.86. The second-order valence-corrected chi connectivity index (χ2v) is 6.58. The second-order valence-electron chi connectivity index (χ2n) is 6.58. The van der Waals surface area contributed by atoms with Crippen molar-refractivity contribution in [3.8, 4) is 5.75 Å². The minimum Gasteiger partial charge on any atom is -0.478 e. The first kappa shape index (κ1) is 16.4. The van der Waals surface area contributed by atoms with Crippen LogP contribution in [0.2, 0.25) is 0 Å². The maximum absolute atomic E-state index is 12.2. The normalized spacial score (nSPS) is 14.2. The smallest absolute Gasteiger partial charge is 0.349 e. The highest BCUT2D eigenvalue weighted by molar-refractivity contribution is 5.89. The van der Waals surface area contributed by atoms with E-state index in [2.05, 4.69) is 0 Å². The molecule has 1 N–H and O–H groups in total. The fourth-order valence-electron chi connectivity index (χ4n) is 3.61. The fraction of sp³-hybridized carbons (Fsp3) is 0.238. The van der Waals surface area contributed by atoms with Crippen molar-refractivity contribution in [1.82, 2.24) is 0 Å². The van der Waals surface area contributed by atoms with Gasteiger partial charge >= 0.3 is 11.6 Å². The molecule has 3 aromatic rings. The Balaban J connectivity index is 1.90. The Morgan fingerprint density at radius 2 is 1.88 bits per heavy atom. The van der Waals surface area contributed by atoms with Crippen LogP contribution in [0.25, 0.3) is 11.0 Å². The SMILES string of the molecule is Cc1cc(O[C@@H](C(=O)O)c2ccccc2)c2c3c(c(=O)oc2c1)CCC3. The highest BCUT2D eigenvalue weighted by Gasteiger charge is 2.26. The molecular weight excluding hydrogens is 332 g/mol. The molecule has 132 valence electrons. The van der Waals surface area contributed by atoms with Gasteiger partial charge in [-0.25, -0.2) is 9.59 Å². The van der Waals surface area contributed by atoms with Gasteiger partial charge in [-0.3, -0.25) is 0 Å². The number of fused-ring (bicyclic) bond motifs is 3. The molecule has 0 saturated carbocycles. The average Bonchev–Trinajstić information content (AvgIpc) is 3.10. The number of ether oxygens (including phenoxy) is 1. The highest BCUT2D eigenvalue weighted by Crippen LogP contribution is 2.37. The topological polar surface area (TPSA) is 76.7 Å². The molecule has 0 saturated heterocycles. The molecule has 1 aliphatic rings. The molecule has 26 heavy (non-hydrogen) atoms. The van der Waals surface area contributed by atoms with Crippen molar-refractivity contribution in [2.75, 3.05) is 0 Å². The predicted molar refractivity (Wildman–Crippen MR) is 96.7 cm³/mol. The summed E-state index contributed by atoms with van der Waals surface area (Å²) in [7, 11) is 0. The van der Waals surface area contributed by atoms with Crippen molar-refractivity contribution in [3.63, 3.8) is 0 Å². The second kappa shape index (κ2) is 6.33. The van der Waals surface area contributed by atoms with Gasteiger partial charge in [-0.05, 0) is 49.4 Å². The van der Waals surface area contributed by atoms with Crippen LogP contribution in [0.15, 0.2) is 51.7 Å². The van der Waals surface area contributed by atoms with Crippen molar-refractivity contribution in [2.45, 2.75) is 32.3 Å². The van der Waals surface area contributed by atoms with E-state index in [-0.39, 0.29) is 5.63 Å². The number of benzene rings is 2. The Kier molecular flexibility index (Phi) is 3.99. The molecule has 0 fully saturated rings. The Hall–Kier alpha value is -3.08. The van der Waals surface area contributed by atoms with Crippen molar-refractivity contribution in [2.24, 2.45) is 0 Å². The van der Waals surface area contributed by atoms with E-state index >= 15 is 0 Å². The van der Waals surface area contributed by atoms with Gasteiger partial charge in [0.1, 0.15) is 11.3 Å². The minimum absolute atomic E-state index is 0.306. The van der Waals surface area contributed by atoms with E-state index in [9.17, 15) is 14.7 Å². The van der Waals surface area contributed by atoms with Crippen molar-refractivity contribution < 1.29 is 19.1 Å². The molecule has 1 aliphatic carbocycles.